The lowest BCUT2D eigenvalue weighted by Gasteiger charge is -2.36. The van der Waals surface area contributed by atoms with Crippen molar-refractivity contribution in [2.24, 2.45) is 5.41 Å². The molecule has 0 spiro atoms. The van der Waals surface area contributed by atoms with Crippen LogP contribution in [0, 0.1) is 5.41 Å². The molecular weight excluding hydrogens is 280 g/mol. The standard InChI is InChI=1S/C17H28O3Si/c1-17(2,16(18)19-3)15(20-21(4,5)6)13-12-14-10-8-7-9-11-14/h7-11,15H,12-13H2,1-6H3. The molecule has 0 aromatic heterocycles. The van der Waals surface area contributed by atoms with Crippen LogP contribution in [0.5, 0.6) is 0 Å². The van der Waals surface area contributed by atoms with Gasteiger partial charge in [-0.15, -0.1) is 0 Å². The molecule has 21 heavy (non-hydrogen) atoms. The predicted molar refractivity (Wildman–Crippen MR) is 88.8 cm³/mol. The fraction of sp³-hybridized carbons (Fsp3) is 0.588. The van der Waals surface area contributed by atoms with E-state index < -0.39 is 13.7 Å². The van der Waals surface area contributed by atoms with Gasteiger partial charge < -0.3 is 9.16 Å². The number of aryl methyl sites for hydroxylation is 1. The number of carbonyl (C=O) groups excluding carboxylic acids is 1. The lowest BCUT2D eigenvalue weighted by Crippen LogP contribution is -2.45. The minimum absolute atomic E-state index is 0.128. The van der Waals surface area contributed by atoms with E-state index in [1.807, 2.05) is 32.0 Å². The normalized spacial score (nSPS) is 13.8. The summed E-state index contributed by atoms with van der Waals surface area (Å²) in [7, 11) is -0.297. The first-order chi connectivity index (χ1) is 9.66. The van der Waals surface area contributed by atoms with Gasteiger partial charge in [0, 0.05) is 0 Å². The Hall–Kier alpha value is -1.13. The zero-order valence-corrected chi connectivity index (χ0v) is 15.1. The van der Waals surface area contributed by atoms with Gasteiger partial charge in [-0.05, 0) is 51.9 Å². The second-order valence-electron chi connectivity index (χ2n) is 6.96. The molecule has 0 amide bonds. The number of carbonyl (C=O) groups is 1. The average Bonchev–Trinajstić information content (AvgIpc) is 2.42. The highest BCUT2D eigenvalue weighted by Gasteiger charge is 2.40. The van der Waals surface area contributed by atoms with E-state index in [1.54, 1.807) is 0 Å². The molecule has 0 saturated carbocycles. The van der Waals surface area contributed by atoms with Crippen molar-refractivity contribution in [3.8, 4) is 0 Å². The minimum atomic E-state index is -1.73. The molecular formula is C17H28O3Si. The molecule has 0 heterocycles. The van der Waals surface area contributed by atoms with Crippen molar-refractivity contribution in [1.29, 1.82) is 0 Å². The first kappa shape index (κ1) is 17.9. The van der Waals surface area contributed by atoms with Gasteiger partial charge in [-0.1, -0.05) is 30.3 Å². The highest BCUT2D eigenvalue weighted by Crippen LogP contribution is 2.31. The second-order valence-corrected chi connectivity index (χ2v) is 11.4. The summed E-state index contributed by atoms with van der Waals surface area (Å²) >= 11 is 0. The zero-order valence-electron chi connectivity index (χ0n) is 14.1. The molecule has 4 heteroatoms. The highest BCUT2D eigenvalue weighted by atomic mass is 28.4. The van der Waals surface area contributed by atoms with Crippen molar-refractivity contribution in [2.45, 2.75) is 52.4 Å². The van der Waals surface area contributed by atoms with Gasteiger partial charge in [-0.3, -0.25) is 4.79 Å². The third-order valence-corrected chi connectivity index (χ3v) is 4.54. The fourth-order valence-corrected chi connectivity index (χ4v) is 3.60. The maximum atomic E-state index is 12.1. The first-order valence-electron chi connectivity index (χ1n) is 7.47. The van der Waals surface area contributed by atoms with Gasteiger partial charge in [-0.2, -0.15) is 0 Å². The molecule has 3 nitrogen and oxygen atoms in total. The van der Waals surface area contributed by atoms with Gasteiger partial charge in [-0.25, -0.2) is 0 Å². The summed E-state index contributed by atoms with van der Waals surface area (Å²) < 4.78 is 11.2. The first-order valence-corrected chi connectivity index (χ1v) is 10.9. The van der Waals surface area contributed by atoms with Crippen LogP contribution in [0.1, 0.15) is 25.8 Å². The Bertz CT molecular complexity index is 449. The van der Waals surface area contributed by atoms with Crippen molar-refractivity contribution < 1.29 is 14.0 Å². The summed E-state index contributed by atoms with van der Waals surface area (Å²) in [5.74, 6) is -0.209. The molecule has 0 aliphatic carbocycles. The smallest absolute Gasteiger partial charge is 0.313 e. The number of ether oxygens (including phenoxy) is 1. The van der Waals surface area contributed by atoms with Gasteiger partial charge >= 0.3 is 5.97 Å². The van der Waals surface area contributed by atoms with Crippen molar-refractivity contribution in [2.75, 3.05) is 7.11 Å². The third kappa shape index (κ3) is 5.63. The number of benzene rings is 1. The summed E-state index contributed by atoms with van der Waals surface area (Å²) in [5.41, 5.74) is 0.631. The number of esters is 1. The quantitative estimate of drug-likeness (QED) is 0.563. The van der Waals surface area contributed by atoms with Gasteiger partial charge in [0.25, 0.3) is 0 Å². The second kappa shape index (κ2) is 7.23. The van der Waals surface area contributed by atoms with Crippen LogP contribution >= 0.6 is 0 Å². The molecule has 0 saturated heterocycles. The summed E-state index contributed by atoms with van der Waals surface area (Å²) in [5, 5.41) is 0. The molecule has 1 aromatic rings. The van der Waals surface area contributed by atoms with Crippen LogP contribution in [0.4, 0.5) is 0 Å². The molecule has 0 aliphatic rings. The Balaban J connectivity index is 2.85. The molecule has 0 bridgehead atoms. The zero-order chi connectivity index (χ0) is 16.1. The largest absolute Gasteiger partial charge is 0.469 e. The van der Waals surface area contributed by atoms with Gasteiger partial charge in [0.1, 0.15) is 0 Å². The Kier molecular flexibility index (Phi) is 6.17. The van der Waals surface area contributed by atoms with E-state index in [-0.39, 0.29) is 12.1 Å². The number of rotatable bonds is 7. The Morgan fingerprint density at radius 2 is 1.76 bits per heavy atom. The third-order valence-electron chi connectivity index (χ3n) is 3.55. The van der Waals surface area contributed by atoms with Crippen molar-refractivity contribution in [3.05, 3.63) is 35.9 Å². The van der Waals surface area contributed by atoms with Crippen LogP contribution in [0.2, 0.25) is 19.6 Å². The van der Waals surface area contributed by atoms with E-state index in [4.69, 9.17) is 9.16 Å². The maximum absolute atomic E-state index is 12.1. The number of hydrogen-bond acceptors (Lipinski definition) is 3. The van der Waals surface area contributed by atoms with Crippen molar-refractivity contribution in [3.63, 3.8) is 0 Å². The molecule has 1 rings (SSSR count). The van der Waals surface area contributed by atoms with E-state index in [2.05, 4.69) is 31.8 Å². The van der Waals surface area contributed by atoms with Crippen LogP contribution in [-0.2, 0) is 20.4 Å². The molecule has 118 valence electrons. The lowest BCUT2D eigenvalue weighted by molar-refractivity contribution is -0.156. The Morgan fingerprint density at radius 3 is 2.24 bits per heavy atom. The van der Waals surface area contributed by atoms with Crippen LogP contribution in [0.3, 0.4) is 0 Å². The van der Waals surface area contributed by atoms with Crippen LogP contribution in [-0.4, -0.2) is 27.5 Å². The average molecular weight is 308 g/mol. The van der Waals surface area contributed by atoms with Crippen molar-refractivity contribution in [1.82, 2.24) is 0 Å². The van der Waals surface area contributed by atoms with Gasteiger partial charge in [0.05, 0.1) is 18.6 Å². The van der Waals surface area contributed by atoms with E-state index in [1.165, 1.54) is 12.7 Å². The van der Waals surface area contributed by atoms with Crippen LogP contribution in [0.25, 0.3) is 0 Å². The minimum Gasteiger partial charge on any atom is -0.469 e. The van der Waals surface area contributed by atoms with Gasteiger partial charge in [0.2, 0.25) is 0 Å². The van der Waals surface area contributed by atoms with E-state index in [0.717, 1.165) is 12.8 Å². The molecule has 1 atom stereocenters. The van der Waals surface area contributed by atoms with Crippen LogP contribution in [0.15, 0.2) is 30.3 Å². The summed E-state index contributed by atoms with van der Waals surface area (Å²) in [4.78, 5) is 12.1. The summed E-state index contributed by atoms with van der Waals surface area (Å²) in [6, 6.07) is 10.3. The number of hydrogen-bond donors (Lipinski definition) is 0. The van der Waals surface area contributed by atoms with Gasteiger partial charge in [0.15, 0.2) is 8.32 Å². The molecule has 0 N–H and O–H groups in total. The SMILES string of the molecule is COC(=O)C(C)(C)C(CCc1ccccc1)O[Si](C)(C)C. The monoisotopic (exact) mass is 308 g/mol. The van der Waals surface area contributed by atoms with E-state index in [9.17, 15) is 4.79 Å². The molecule has 1 aromatic carbocycles. The maximum Gasteiger partial charge on any atom is 0.313 e. The Morgan fingerprint density at radius 1 is 1.19 bits per heavy atom. The van der Waals surface area contributed by atoms with E-state index in [0.29, 0.717) is 0 Å². The highest BCUT2D eigenvalue weighted by molar-refractivity contribution is 6.69. The van der Waals surface area contributed by atoms with E-state index >= 15 is 0 Å². The molecule has 1 unspecified atom stereocenters. The number of methoxy groups -OCH3 is 1. The Labute approximate surface area is 129 Å². The lowest BCUT2D eigenvalue weighted by atomic mass is 9.83. The van der Waals surface area contributed by atoms with Crippen LogP contribution < -0.4 is 0 Å². The topological polar surface area (TPSA) is 35.5 Å². The predicted octanol–water partition coefficient (Wildman–Crippen LogP) is 4.04. The summed E-state index contributed by atoms with van der Waals surface area (Å²) in [6.07, 6.45) is 1.59. The molecule has 0 fully saturated rings. The summed E-state index contributed by atoms with van der Waals surface area (Å²) in [6.45, 7) is 10.3. The molecule has 0 radical (unpaired) electrons. The fourth-order valence-electron chi connectivity index (χ4n) is 2.33. The molecule has 0 aliphatic heterocycles. The van der Waals surface area contributed by atoms with Crippen molar-refractivity contribution >= 4 is 14.3 Å².